The Morgan fingerprint density at radius 2 is 1.46 bits per heavy atom. The smallest absolute Gasteiger partial charge is 0.429 e. The summed E-state index contributed by atoms with van der Waals surface area (Å²) in [5.41, 5.74) is -1.05. The Bertz CT molecular complexity index is 987. The van der Waals surface area contributed by atoms with Crippen LogP contribution in [0.3, 0.4) is 0 Å². The van der Waals surface area contributed by atoms with Crippen LogP contribution in [0.5, 0.6) is 11.5 Å². The fourth-order valence-electron chi connectivity index (χ4n) is 2.41. The molecule has 26 heavy (non-hydrogen) atoms. The minimum atomic E-state index is -4.07. The Morgan fingerprint density at radius 1 is 0.769 bits per heavy atom. The van der Waals surface area contributed by atoms with Crippen molar-refractivity contribution in [2.24, 2.45) is 0 Å². The highest BCUT2D eigenvalue weighted by molar-refractivity contribution is 5.84. The van der Waals surface area contributed by atoms with Gasteiger partial charge in [0.15, 0.2) is 17.5 Å². The second-order valence-electron chi connectivity index (χ2n) is 5.33. The molecule has 0 N–H and O–H groups in total. The van der Waals surface area contributed by atoms with Crippen molar-refractivity contribution in [1.29, 1.82) is 0 Å². The third kappa shape index (κ3) is 3.14. The van der Waals surface area contributed by atoms with E-state index in [-0.39, 0.29) is 16.5 Å². The lowest BCUT2D eigenvalue weighted by Gasteiger charge is -2.19. The number of hydrogen-bond acceptors (Lipinski definition) is 2. The molecule has 136 valence electrons. The summed E-state index contributed by atoms with van der Waals surface area (Å²) < 4.78 is 91.8. The number of methoxy groups -OCH3 is 1. The van der Waals surface area contributed by atoms with Gasteiger partial charge >= 0.3 is 6.11 Å². The van der Waals surface area contributed by atoms with Crippen LogP contribution < -0.4 is 9.47 Å². The monoisotopic (exact) mass is 372 g/mol. The number of fused-ring (bicyclic) bond motifs is 1. The molecule has 0 aliphatic rings. The molecule has 0 radical (unpaired) electrons. The summed E-state index contributed by atoms with van der Waals surface area (Å²) in [5.74, 6) is -6.28. The SMILES string of the molecule is COc1ccc(C(F)(F)Oc2ccc3c(F)c(F)c(F)cc3c2)c(F)c1. The van der Waals surface area contributed by atoms with Crippen molar-refractivity contribution in [3.05, 3.63) is 71.3 Å². The molecule has 0 fully saturated rings. The summed E-state index contributed by atoms with van der Waals surface area (Å²) in [5, 5.41) is -0.500. The van der Waals surface area contributed by atoms with Crippen LogP contribution in [0.1, 0.15) is 5.56 Å². The first-order chi connectivity index (χ1) is 12.2. The Balaban J connectivity index is 1.98. The molecule has 0 unspecified atom stereocenters. The predicted molar refractivity (Wildman–Crippen MR) is 81.3 cm³/mol. The molecule has 0 heterocycles. The van der Waals surface area contributed by atoms with Crippen LogP contribution in [0.25, 0.3) is 10.8 Å². The first-order valence-corrected chi connectivity index (χ1v) is 7.21. The van der Waals surface area contributed by atoms with Crippen molar-refractivity contribution < 1.29 is 35.8 Å². The average molecular weight is 372 g/mol. The summed E-state index contributed by atoms with van der Waals surface area (Å²) in [6, 6.07) is 6.14. The van der Waals surface area contributed by atoms with Gasteiger partial charge in [-0.25, -0.2) is 17.6 Å². The zero-order chi connectivity index (χ0) is 19.1. The highest BCUT2D eigenvalue weighted by Gasteiger charge is 2.38. The summed E-state index contributed by atoms with van der Waals surface area (Å²) in [4.78, 5) is 0. The van der Waals surface area contributed by atoms with Gasteiger partial charge in [-0.2, -0.15) is 8.78 Å². The number of halogens is 6. The number of hydrogen-bond donors (Lipinski definition) is 0. The summed E-state index contributed by atoms with van der Waals surface area (Å²) in [6.07, 6.45) is -4.07. The summed E-state index contributed by atoms with van der Waals surface area (Å²) in [6.45, 7) is 0. The lowest BCUT2D eigenvalue weighted by molar-refractivity contribution is -0.187. The molecule has 2 nitrogen and oxygen atoms in total. The summed E-state index contributed by atoms with van der Waals surface area (Å²) in [7, 11) is 1.25. The van der Waals surface area contributed by atoms with Gasteiger partial charge < -0.3 is 9.47 Å². The van der Waals surface area contributed by atoms with E-state index in [1.807, 2.05) is 0 Å². The molecule has 3 aromatic carbocycles. The van der Waals surface area contributed by atoms with E-state index >= 15 is 0 Å². The number of ether oxygens (including phenoxy) is 2. The third-order valence-electron chi connectivity index (χ3n) is 3.68. The zero-order valence-corrected chi connectivity index (χ0v) is 13.1. The van der Waals surface area contributed by atoms with E-state index in [9.17, 15) is 26.3 Å². The molecule has 0 saturated carbocycles. The molecule has 8 heteroatoms. The molecule has 0 aromatic heterocycles. The molecule has 0 aliphatic carbocycles. The first kappa shape index (κ1) is 17.9. The molecule has 0 bridgehead atoms. The van der Waals surface area contributed by atoms with Gasteiger partial charge in [0, 0.05) is 11.5 Å². The maximum absolute atomic E-state index is 14.2. The maximum atomic E-state index is 14.2. The Kier molecular flexibility index (Phi) is 4.43. The van der Waals surface area contributed by atoms with E-state index in [1.165, 1.54) is 7.11 Å². The second kappa shape index (κ2) is 6.44. The zero-order valence-electron chi connectivity index (χ0n) is 13.1. The molecule has 0 spiro atoms. The third-order valence-corrected chi connectivity index (χ3v) is 3.68. The lowest BCUT2D eigenvalue weighted by Crippen LogP contribution is -2.23. The van der Waals surface area contributed by atoms with Crippen LogP contribution in [-0.2, 0) is 6.11 Å². The Labute approximate surface area is 143 Å². The summed E-state index contributed by atoms with van der Waals surface area (Å²) >= 11 is 0. The van der Waals surface area contributed by atoms with Gasteiger partial charge in [-0.1, -0.05) is 0 Å². The molecular weight excluding hydrogens is 362 g/mol. The molecule has 3 rings (SSSR count). The molecule has 0 amide bonds. The molecular formula is C18H10F6O2. The normalized spacial score (nSPS) is 11.7. The molecule has 0 atom stereocenters. The topological polar surface area (TPSA) is 18.5 Å². The second-order valence-corrected chi connectivity index (χ2v) is 5.33. The van der Waals surface area contributed by atoms with E-state index in [0.717, 1.165) is 36.4 Å². The van der Waals surface area contributed by atoms with Gasteiger partial charge in [0.05, 0.1) is 7.11 Å². The highest BCUT2D eigenvalue weighted by atomic mass is 19.3. The number of benzene rings is 3. The minimum absolute atomic E-state index is 0.0423. The van der Waals surface area contributed by atoms with Crippen molar-refractivity contribution >= 4 is 10.8 Å². The van der Waals surface area contributed by atoms with Gasteiger partial charge in [0.25, 0.3) is 0 Å². The van der Waals surface area contributed by atoms with Crippen LogP contribution in [-0.4, -0.2) is 7.11 Å². The van der Waals surface area contributed by atoms with Crippen LogP contribution in [0.15, 0.2) is 42.5 Å². The van der Waals surface area contributed by atoms with Gasteiger partial charge in [-0.3, -0.25) is 0 Å². The van der Waals surface area contributed by atoms with Gasteiger partial charge in [-0.15, -0.1) is 0 Å². The largest absolute Gasteiger partial charge is 0.497 e. The van der Waals surface area contributed by atoms with Gasteiger partial charge in [-0.05, 0) is 41.8 Å². The van der Waals surface area contributed by atoms with Crippen molar-refractivity contribution in [3.8, 4) is 11.5 Å². The molecule has 0 aliphatic heterocycles. The van der Waals surface area contributed by atoms with Gasteiger partial charge in [0.1, 0.15) is 22.9 Å². The predicted octanol–water partition coefficient (Wildman–Crippen LogP) is 5.53. The molecule has 0 saturated heterocycles. The van der Waals surface area contributed by atoms with E-state index in [2.05, 4.69) is 4.74 Å². The first-order valence-electron chi connectivity index (χ1n) is 7.21. The fourth-order valence-corrected chi connectivity index (χ4v) is 2.41. The van der Waals surface area contributed by atoms with E-state index in [0.29, 0.717) is 6.07 Å². The standard InChI is InChI=1S/C18H10F6O2/c1-25-10-3-5-13(14(19)8-10)18(23,24)26-11-2-4-12-9(6-11)7-15(20)17(22)16(12)21/h2-8H,1H3. The van der Waals surface area contributed by atoms with E-state index in [4.69, 9.17) is 4.74 Å². The maximum Gasteiger partial charge on any atom is 0.429 e. The van der Waals surface area contributed by atoms with Crippen molar-refractivity contribution in [2.75, 3.05) is 7.11 Å². The average Bonchev–Trinajstić information content (AvgIpc) is 2.59. The Morgan fingerprint density at radius 3 is 2.12 bits per heavy atom. The number of alkyl halides is 2. The fraction of sp³-hybridized carbons (Fsp3) is 0.111. The van der Waals surface area contributed by atoms with Crippen LogP contribution in [0.4, 0.5) is 26.3 Å². The molecule has 3 aromatic rings. The quantitative estimate of drug-likeness (QED) is 0.443. The van der Waals surface area contributed by atoms with E-state index in [1.54, 1.807) is 0 Å². The van der Waals surface area contributed by atoms with Crippen LogP contribution in [0.2, 0.25) is 0 Å². The van der Waals surface area contributed by atoms with Crippen LogP contribution in [0, 0.1) is 23.3 Å². The highest BCUT2D eigenvalue weighted by Crippen LogP contribution is 2.36. The van der Waals surface area contributed by atoms with Crippen molar-refractivity contribution in [2.45, 2.75) is 6.11 Å². The van der Waals surface area contributed by atoms with Gasteiger partial charge in [0.2, 0.25) is 0 Å². The minimum Gasteiger partial charge on any atom is -0.497 e. The number of rotatable bonds is 4. The van der Waals surface area contributed by atoms with Crippen LogP contribution >= 0.6 is 0 Å². The lowest BCUT2D eigenvalue weighted by atomic mass is 10.1. The Hall–Kier alpha value is -2.90. The van der Waals surface area contributed by atoms with E-state index < -0.39 is 40.7 Å². The van der Waals surface area contributed by atoms with Crippen molar-refractivity contribution in [3.63, 3.8) is 0 Å². The van der Waals surface area contributed by atoms with Crippen molar-refractivity contribution in [1.82, 2.24) is 0 Å².